The van der Waals surface area contributed by atoms with Crippen molar-refractivity contribution in [1.29, 1.82) is 0 Å². The fourth-order valence-electron chi connectivity index (χ4n) is 2.96. The van der Waals surface area contributed by atoms with Gasteiger partial charge < -0.3 is 14.2 Å². The van der Waals surface area contributed by atoms with Gasteiger partial charge in [0, 0.05) is 18.8 Å². The highest BCUT2D eigenvalue weighted by atomic mass is 16.3. The van der Waals surface area contributed by atoms with E-state index in [9.17, 15) is 9.59 Å². The first-order valence-corrected chi connectivity index (χ1v) is 7.72. The molecule has 1 aromatic carbocycles. The molecule has 2 amide bonds. The zero-order valence-electron chi connectivity index (χ0n) is 13.6. The Bertz CT molecular complexity index is 737. The molecule has 3 rings (SSSR count). The number of anilines is 1. The van der Waals surface area contributed by atoms with E-state index in [4.69, 9.17) is 4.42 Å². The van der Waals surface area contributed by atoms with Crippen LogP contribution in [-0.4, -0.2) is 35.8 Å². The Labute approximate surface area is 135 Å². The standard InChI is InChI=1S/C18H20N2O3/c1-12-6-4-7-15(13(12)2)20-10-9-19(14(3)17(20)21)18(22)16-8-5-11-23-16/h4-8,11,14H,9-10H2,1-3H3/t14-/m1/s1. The van der Waals surface area contributed by atoms with Crippen LogP contribution < -0.4 is 4.90 Å². The van der Waals surface area contributed by atoms with Gasteiger partial charge in [0.1, 0.15) is 6.04 Å². The molecule has 0 aliphatic carbocycles. The lowest BCUT2D eigenvalue weighted by molar-refractivity contribution is -0.124. The Morgan fingerprint density at radius 1 is 1.17 bits per heavy atom. The summed E-state index contributed by atoms with van der Waals surface area (Å²) in [4.78, 5) is 28.6. The zero-order chi connectivity index (χ0) is 16.6. The van der Waals surface area contributed by atoms with Crippen LogP contribution in [-0.2, 0) is 4.79 Å². The first-order valence-electron chi connectivity index (χ1n) is 7.72. The lowest BCUT2D eigenvalue weighted by Gasteiger charge is -2.39. The van der Waals surface area contributed by atoms with Crippen LogP contribution in [0.2, 0.25) is 0 Å². The number of carbonyl (C=O) groups is 2. The number of furan rings is 1. The SMILES string of the molecule is Cc1cccc(N2CCN(C(=O)c3ccco3)[C@H](C)C2=O)c1C. The van der Waals surface area contributed by atoms with Crippen molar-refractivity contribution in [2.24, 2.45) is 0 Å². The van der Waals surface area contributed by atoms with Crippen molar-refractivity contribution in [2.45, 2.75) is 26.8 Å². The van der Waals surface area contributed by atoms with Crippen LogP contribution in [0.4, 0.5) is 5.69 Å². The van der Waals surface area contributed by atoms with Gasteiger partial charge in [-0.3, -0.25) is 9.59 Å². The molecule has 5 heteroatoms. The molecule has 0 saturated carbocycles. The Morgan fingerprint density at radius 3 is 2.65 bits per heavy atom. The molecule has 0 radical (unpaired) electrons. The smallest absolute Gasteiger partial charge is 0.290 e. The Morgan fingerprint density at radius 2 is 1.96 bits per heavy atom. The molecule has 1 saturated heterocycles. The molecule has 1 fully saturated rings. The molecule has 0 N–H and O–H groups in total. The van der Waals surface area contributed by atoms with Gasteiger partial charge in [0.2, 0.25) is 5.91 Å². The predicted octanol–water partition coefficient (Wildman–Crippen LogP) is 2.77. The summed E-state index contributed by atoms with van der Waals surface area (Å²) >= 11 is 0. The Kier molecular flexibility index (Phi) is 3.94. The fraction of sp³-hybridized carbons (Fsp3) is 0.333. The number of rotatable bonds is 2. The fourth-order valence-corrected chi connectivity index (χ4v) is 2.96. The van der Waals surface area contributed by atoms with Gasteiger partial charge in [-0.15, -0.1) is 0 Å². The predicted molar refractivity (Wildman–Crippen MR) is 87.5 cm³/mol. The summed E-state index contributed by atoms with van der Waals surface area (Å²) in [5.74, 6) is -0.0360. The molecule has 1 aromatic heterocycles. The number of aryl methyl sites for hydroxylation is 1. The molecule has 5 nitrogen and oxygen atoms in total. The summed E-state index contributed by atoms with van der Waals surface area (Å²) < 4.78 is 5.16. The maximum Gasteiger partial charge on any atom is 0.290 e. The molecule has 0 unspecified atom stereocenters. The number of carbonyl (C=O) groups excluding carboxylic acids is 2. The van der Waals surface area contributed by atoms with E-state index in [1.54, 1.807) is 28.9 Å². The number of nitrogens with zero attached hydrogens (tertiary/aromatic N) is 2. The summed E-state index contributed by atoms with van der Waals surface area (Å²) in [7, 11) is 0. The second-order valence-corrected chi connectivity index (χ2v) is 5.86. The Hall–Kier alpha value is -2.56. The third-order valence-electron chi connectivity index (χ3n) is 4.52. The molecular formula is C18H20N2O3. The molecule has 23 heavy (non-hydrogen) atoms. The van der Waals surface area contributed by atoms with Crippen molar-refractivity contribution in [3.8, 4) is 0 Å². The minimum atomic E-state index is -0.513. The molecule has 0 bridgehead atoms. The first-order chi connectivity index (χ1) is 11.0. The van der Waals surface area contributed by atoms with Crippen LogP contribution in [0.15, 0.2) is 41.0 Å². The van der Waals surface area contributed by atoms with Crippen LogP contribution in [0.25, 0.3) is 0 Å². The van der Waals surface area contributed by atoms with Crippen molar-refractivity contribution < 1.29 is 14.0 Å². The number of hydrogen-bond donors (Lipinski definition) is 0. The topological polar surface area (TPSA) is 53.8 Å². The van der Waals surface area contributed by atoms with Crippen molar-refractivity contribution in [2.75, 3.05) is 18.0 Å². The molecule has 2 aromatic rings. The summed E-state index contributed by atoms with van der Waals surface area (Å²) in [6, 6.07) is 8.72. The van der Waals surface area contributed by atoms with Crippen molar-refractivity contribution >= 4 is 17.5 Å². The number of piperazine rings is 1. The summed E-state index contributed by atoms with van der Waals surface area (Å²) in [6.07, 6.45) is 1.46. The Balaban J connectivity index is 1.84. The van der Waals surface area contributed by atoms with E-state index in [-0.39, 0.29) is 17.6 Å². The average molecular weight is 312 g/mol. The average Bonchev–Trinajstić information content (AvgIpc) is 3.07. The largest absolute Gasteiger partial charge is 0.459 e. The van der Waals surface area contributed by atoms with E-state index >= 15 is 0 Å². The van der Waals surface area contributed by atoms with Gasteiger partial charge in [0.25, 0.3) is 5.91 Å². The highest BCUT2D eigenvalue weighted by Crippen LogP contribution is 2.26. The molecular weight excluding hydrogens is 292 g/mol. The van der Waals surface area contributed by atoms with Crippen molar-refractivity contribution in [1.82, 2.24) is 4.90 Å². The molecule has 120 valence electrons. The highest BCUT2D eigenvalue weighted by Gasteiger charge is 2.36. The normalized spacial score (nSPS) is 18.4. The maximum absolute atomic E-state index is 12.8. The van der Waals surface area contributed by atoms with Gasteiger partial charge in [0.05, 0.1) is 6.26 Å². The number of amides is 2. The summed E-state index contributed by atoms with van der Waals surface area (Å²) in [6.45, 7) is 6.78. The summed E-state index contributed by atoms with van der Waals surface area (Å²) in [5, 5.41) is 0. The van der Waals surface area contributed by atoms with Gasteiger partial charge in [-0.05, 0) is 50.1 Å². The van der Waals surface area contributed by atoms with E-state index in [2.05, 4.69) is 0 Å². The minimum absolute atomic E-state index is 0.0649. The second-order valence-electron chi connectivity index (χ2n) is 5.86. The van der Waals surface area contributed by atoms with Crippen LogP contribution in [0.3, 0.4) is 0 Å². The van der Waals surface area contributed by atoms with E-state index in [1.165, 1.54) is 6.26 Å². The van der Waals surface area contributed by atoms with E-state index in [1.807, 2.05) is 32.0 Å². The van der Waals surface area contributed by atoms with E-state index in [0.717, 1.165) is 16.8 Å². The second kappa shape index (κ2) is 5.91. The monoisotopic (exact) mass is 312 g/mol. The van der Waals surface area contributed by atoms with Gasteiger partial charge in [-0.25, -0.2) is 0 Å². The maximum atomic E-state index is 12.8. The lowest BCUT2D eigenvalue weighted by Crippen LogP contribution is -2.57. The van der Waals surface area contributed by atoms with Gasteiger partial charge in [-0.1, -0.05) is 12.1 Å². The van der Waals surface area contributed by atoms with Gasteiger partial charge >= 0.3 is 0 Å². The molecule has 1 atom stereocenters. The molecule has 1 aliphatic rings. The van der Waals surface area contributed by atoms with Crippen LogP contribution in [0.5, 0.6) is 0 Å². The third-order valence-corrected chi connectivity index (χ3v) is 4.52. The molecule has 1 aliphatic heterocycles. The van der Waals surface area contributed by atoms with Crippen molar-refractivity contribution in [3.05, 3.63) is 53.5 Å². The quantitative estimate of drug-likeness (QED) is 0.857. The minimum Gasteiger partial charge on any atom is -0.459 e. The molecule has 2 heterocycles. The van der Waals surface area contributed by atoms with E-state index in [0.29, 0.717) is 13.1 Å². The number of benzene rings is 1. The third kappa shape index (κ3) is 2.63. The number of hydrogen-bond acceptors (Lipinski definition) is 3. The zero-order valence-corrected chi connectivity index (χ0v) is 13.6. The van der Waals surface area contributed by atoms with Crippen molar-refractivity contribution in [3.63, 3.8) is 0 Å². The van der Waals surface area contributed by atoms with Crippen LogP contribution in [0.1, 0.15) is 28.6 Å². The van der Waals surface area contributed by atoms with Gasteiger partial charge in [0.15, 0.2) is 5.76 Å². The molecule has 0 spiro atoms. The lowest BCUT2D eigenvalue weighted by atomic mass is 10.0. The van der Waals surface area contributed by atoms with Crippen LogP contribution >= 0.6 is 0 Å². The van der Waals surface area contributed by atoms with Crippen LogP contribution in [0, 0.1) is 13.8 Å². The summed E-state index contributed by atoms with van der Waals surface area (Å²) in [5.41, 5.74) is 3.17. The highest BCUT2D eigenvalue weighted by molar-refractivity contribution is 6.03. The van der Waals surface area contributed by atoms with E-state index < -0.39 is 6.04 Å². The van der Waals surface area contributed by atoms with Gasteiger partial charge in [-0.2, -0.15) is 0 Å². The first kappa shape index (κ1) is 15.3.